The summed E-state index contributed by atoms with van der Waals surface area (Å²) in [5.74, 6) is -2.42. The molecule has 2 aromatic carbocycles. The molecule has 0 radical (unpaired) electrons. The fourth-order valence-corrected chi connectivity index (χ4v) is 8.18. The highest BCUT2D eigenvalue weighted by Gasteiger charge is 2.52. The number of nitrogens with zero attached hydrogens (tertiary/aromatic N) is 6. The summed E-state index contributed by atoms with van der Waals surface area (Å²) in [6.45, 7) is 9.21. The van der Waals surface area contributed by atoms with E-state index in [1.165, 1.54) is 19.2 Å². The van der Waals surface area contributed by atoms with Gasteiger partial charge in [-0.05, 0) is 78.1 Å². The fourth-order valence-electron chi connectivity index (χ4n) is 8.18. The molecule has 1 amide bonds. The number of aliphatic imine (C=N–C) groups is 1. The highest BCUT2D eigenvalue weighted by atomic mass is 19.4. The third-order valence-electron chi connectivity index (χ3n) is 10.4. The van der Waals surface area contributed by atoms with Crippen molar-refractivity contribution in [2.45, 2.75) is 96.0 Å². The molecule has 3 saturated heterocycles. The van der Waals surface area contributed by atoms with Crippen LogP contribution >= 0.6 is 0 Å². The van der Waals surface area contributed by atoms with Gasteiger partial charge in [0.05, 0.1) is 29.3 Å². The first kappa shape index (κ1) is 35.3. The number of carbonyl (C=O) groups is 1. The van der Waals surface area contributed by atoms with E-state index in [9.17, 15) is 22.4 Å². The number of benzene rings is 2. The first-order valence-electron chi connectivity index (χ1n) is 17.0. The summed E-state index contributed by atoms with van der Waals surface area (Å²) in [7, 11) is 1.75. The van der Waals surface area contributed by atoms with Gasteiger partial charge in [-0.25, -0.2) is 18.0 Å². The van der Waals surface area contributed by atoms with Crippen LogP contribution in [-0.2, 0) is 17.5 Å². The van der Waals surface area contributed by atoms with Crippen molar-refractivity contribution in [2.24, 2.45) is 4.99 Å². The normalized spacial score (nSPS) is 24.9. The number of hydrogen-bond donors (Lipinski definition) is 0. The van der Waals surface area contributed by atoms with Gasteiger partial charge in [-0.15, -0.1) is 0 Å². The summed E-state index contributed by atoms with van der Waals surface area (Å²) in [6.07, 6.45) is -3.78. The number of anilines is 1. The van der Waals surface area contributed by atoms with Crippen molar-refractivity contribution in [2.75, 3.05) is 38.2 Å². The van der Waals surface area contributed by atoms with Crippen molar-refractivity contribution in [3.8, 4) is 17.1 Å². The second kappa shape index (κ2) is 12.2. The summed E-state index contributed by atoms with van der Waals surface area (Å²) in [6, 6.07) is 1.37. The molecule has 2 bridgehead atoms. The molecular weight excluding hydrogens is 678 g/mol. The number of amides is 1. The van der Waals surface area contributed by atoms with Gasteiger partial charge in [0.25, 0.3) is 0 Å². The fraction of sp³-hybridized carbons (Fsp3) is 0.556. The third kappa shape index (κ3) is 6.24. The smallest absolute Gasteiger partial charge is 0.417 e. The molecule has 7 rings (SSSR count). The number of halogens is 6. The van der Waals surface area contributed by atoms with Crippen LogP contribution in [0.1, 0.15) is 69.2 Å². The molecular formula is C36H40F6N6O3. The lowest BCUT2D eigenvalue weighted by Gasteiger charge is -2.47. The van der Waals surface area contributed by atoms with Gasteiger partial charge in [0.15, 0.2) is 5.82 Å². The quantitative estimate of drug-likeness (QED) is 0.258. The lowest BCUT2D eigenvalue weighted by molar-refractivity contribution is -0.137. The number of likely N-dealkylation sites (tertiary alicyclic amines) is 1. The number of likely N-dealkylation sites (N-methyl/N-ethyl adjacent to an activating group) is 1. The van der Waals surface area contributed by atoms with Crippen molar-refractivity contribution >= 4 is 29.0 Å². The molecule has 51 heavy (non-hydrogen) atoms. The van der Waals surface area contributed by atoms with Gasteiger partial charge in [-0.1, -0.05) is 6.07 Å². The van der Waals surface area contributed by atoms with Crippen molar-refractivity contribution < 1.29 is 40.6 Å². The van der Waals surface area contributed by atoms with Gasteiger partial charge in [-0.3, -0.25) is 14.8 Å². The highest BCUT2D eigenvalue weighted by molar-refractivity contribution is 6.00. The Labute approximate surface area is 291 Å². The molecule has 15 heteroatoms. The lowest BCUT2D eigenvalue weighted by Crippen LogP contribution is -2.63. The number of rotatable bonds is 5. The third-order valence-corrected chi connectivity index (χ3v) is 10.4. The molecule has 0 saturated carbocycles. The lowest BCUT2D eigenvalue weighted by atomic mass is 9.87. The van der Waals surface area contributed by atoms with Gasteiger partial charge in [-0.2, -0.15) is 23.1 Å². The average molecular weight is 719 g/mol. The van der Waals surface area contributed by atoms with E-state index in [1.54, 1.807) is 37.6 Å². The minimum absolute atomic E-state index is 0.0105. The standard InChI is InChI=1S/C36H40F6N6O3/c1-18-9-19-12-43-13-24(19)26(28(18)36(40,41)42)27-25(38)11-23-30(29(27)39)44-32(50-16-22-10-20(37)14-46(22)6)45-31(23)47-15-21-7-8-35(5,17-47)48(21)33(49)51-34(2,3)4/h9,11,13,20-22H,7-8,10,12,14-17H2,1-6H3/t20-,21-,22+,35?/m1/s1. The van der Waals surface area contributed by atoms with E-state index in [0.717, 1.165) is 6.07 Å². The Bertz CT molecular complexity index is 1950. The Morgan fingerprint density at radius 1 is 1.10 bits per heavy atom. The molecule has 1 unspecified atom stereocenters. The molecule has 4 aliphatic rings. The summed E-state index contributed by atoms with van der Waals surface area (Å²) >= 11 is 0. The van der Waals surface area contributed by atoms with Crippen LogP contribution in [0.15, 0.2) is 17.1 Å². The second-order valence-corrected chi connectivity index (χ2v) is 15.4. The number of aromatic nitrogens is 2. The van der Waals surface area contributed by atoms with Crippen LogP contribution in [0.5, 0.6) is 6.01 Å². The van der Waals surface area contributed by atoms with Gasteiger partial charge in [0.1, 0.15) is 35.5 Å². The molecule has 0 N–H and O–H groups in total. The van der Waals surface area contributed by atoms with E-state index in [1.807, 2.05) is 11.8 Å². The minimum atomic E-state index is -4.94. The maximum absolute atomic E-state index is 17.0. The maximum Gasteiger partial charge on any atom is 0.417 e. The summed E-state index contributed by atoms with van der Waals surface area (Å²) < 4.78 is 103. The summed E-state index contributed by atoms with van der Waals surface area (Å²) in [5.41, 5.74) is -4.35. The van der Waals surface area contributed by atoms with Crippen LogP contribution in [0.2, 0.25) is 0 Å². The average Bonchev–Trinajstić information content (AvgIpc) is 3.67. The summed E-state index contributed by atoms with van der Waals surface area (Å²) in [4.78, 5) is 31.7. The second-order valence-electron chi connectivity index (χ2n) is 15.4. The van der Waals surface area contributed by atoms with E-state index < -0.39 is 63.4 Å². The van der Waals surface area contributed by atoms with E-state index >= 15 is 8.78 Å². The first-order chi connectivity index (χ1) is 23.8. The van der Waals surface area contributed by atoms with Gasteiger partial charge in [0.2, 0.25) is 0 Å². The number of piperazine rings is 1. The van der Waals surface area contributed by atoms with Crippen molar-refractivity contribution in [3.05, 3.63) is 46.0 Å². The predicted molar refractivity (Wildman–Crippen MR) is 179 cm³/mol. The Hall–Kier alpha value is -4.14. The maximum atomic E-state index is 17.0. The number of hydrogen-bond acceptors (Lipinski definition) is 8. The number of carbonyl (C=O) groups excluding carboxylic acids is 1. The topological polar surface area (TPSA) is 83.4 Å². The van der Waals surface area contributed by atoms with Crippen molar-refractivity contribution in [3.63, 3.8) is 0 Å². The van der Waals surface area contributed by atoms with Gasteiger partial charge >= 0.3 is 18.3 Å². The zero-order chi connectivity index (χ0) is 36.8. The number of ether oxygens (including phenoxy) is 2. The molecule has 9 nitrogen and oxygen atoms in total. The zero-order valence-corrected chi connectivity index (χ0v) is 29.3. The first-order valence-corrected chi connectivity index (χ1v) is 17.0. The van der Waals surface area contributed by atoms with Crippen LogP contribution in [0.4, 0.5) is 37.0 Å². The molecule has 4 aliphatic heterocycles. The molecule has 0 aliphatic carbocycles. The molecule has 3 fully saturated rings. The number of fused-ring (bicyclic) bond motifs is 4. The van der Waals surface area contributed by atoms with Gasteiger partial charge < -0.3 is 14.4 Å². The van der Waals surface area contributed by atoms with E-state index in [2.05, 4.69) is 15.0 Å². The van der Waals surface area contributed by atoms with Crippen LogP contribution in [0.3, 0.4) is 0 Å². The Morgan fingerprint density at radius 3 is 2.49 bits per heavy atom. The molecule has 1 aromatic heterocycles. The van der Waals surface area contributed by atoms with Crippen molar-refractivity contribution in [1.82, 2.24) is 19.8 Å². The molecule has 274 valence electrons. The number of aryl methyl sites for hydroxylation is 1. The molecule has 0 spiro atoms. The van der Waals surface area contributed by atoms with E-state index in [-0.39, 0.29) is 79.6 Å². The molecule has 4 atom stereocenters. The zero-order valence-electron chi connectivity index (χ0n) is 29.3. The minimum Gasteiger partial charge on any atom is -0.462 e. The van der Waals surface area contributed by atoms with Crippen LogP contribution in [0.25, 0.3) is 22.0 Å². The van der Waals surface area contributed by atoms with Crippen LogP contribution < -0.4 is 9.64 Å². The van der Waals surface area contributed by atoms with E-state index in [4.69, 9.17) is 9.47 Å². The Kier molecular flexibility index (Phi) is 8.46. The predicted octanol–water partition coefficient (Wildman–Crippen LogP) is 7.23. The van der Waals surface area contributed by atoms with Crippen LogP contribution in [0, 0.1) is 18.6 Å². The SMILES string of the molecule is Cc1cc2c(c(-c3c(F)cc4c(N5C[C@H]6CCC(C)(C5)N6C(=O)OC(C)(C)C)nc(OC[C@@H]5C[C@@H](F)CN5C)nc4c3F)c1C(F)(F)F)C=NC2. The Balaban J connectivity index is 1.37. The Morgan fingerprint density at radius 2 is 1.84 bits per heavy atom. The summed E-state index contributed by atoms with van der Waals surface area (Å²) in [5, 5.41) is -0.0665. The molecule has 3 aromatic rings. The molecule has 5 heterocycles. The number of alkyl halides is 4. The largest absolute Gasteiger partial charge is 0.462 e. The van der Waals surface area contributed by atoms with Crippen LogP contribution in [-0.4, -0.2) is 94.8 Å². The highest BCUT2D eigenvalue weighted by Crippen LogP contribution is 2.47. The monoisotopic (exact) mass is 718 g/mol. The van der Waals surface area contributed by atoms with Crippen molar-refractivity contribution in [1.29, 1.82) is 0 Å². The van der Waals surface area contributed by atoms with E-state index in [0.29, 0.717) is 18.4 Å². The van der Waals surface area contributed by atoms with Gasteiger partial charge in [0, 0.05) is 48.4 Å².